The van der Waals surface area contributed by atoms with Crippen LogP contribution in [0.3, 0.4) is 0 Å². The Morgan fingerprint density at radius 1 is 1.25 bits per heavy atom. The van der Waals surface area contributed by atoms with Crippen LogP contribution in [0.2, 0.25) is 0 Å². The van der Waals surface area contributed by atoms with Crippen LogP contribution in [0, 0.1) is 19.7 Å². The average Bonchev–Trinajstić information content (AvgIpc) is 2.65. The minimum atomic E-state index is -0.308. The summed E-state index contributed by atoms with van der Waals surface area (Å²) in [7, 11) is 0. The lowest BCUT2D eigenvalue weighted by Gasteiger charge is -2.05. The molecule has 0 radical (unpaired) electrons. The number of halogens is 2. The number of nitrogen functional groups attached to an aromatic ring is 1. The van der Waals surface area contributed by atoms with E-state index in [2.05, 4.69) is 25.9 Å². The third-order valence-corrected chi connectivity index (χ3v) is 4.99. The van der Waals surface area contributed by atoms with Crippen molar-refractivity contribution in [1.29, 1.82) is 0 Å². The molecule has 3 aromatic rings. The van der Waals surface area contributed by atoms with Crippen LogP contribution < -0.4 is 5.73 Å². The molecule has 0 aliphatic rings. The average molecular weight is 352 g/mol. The van der Waals surface area contributed by atoms with E-state index in [0.717, 1.165) is 21.3 Å². The number of thiophene rings is 1. The van der Waals surface area contributed by atoms with Gasteiger partial charge in [-0.1, -0.05) is 0 Å². The van der Waals surface area contributed by atoms with Crippen molar-refractivity contribution in [2.75, 3.05) is 5.73 Å². The summed E-state index contributed by atoms with van der Waals surface area (Å²) in [6, 6.07) is 4.42. The zero-order valence-corrected chi connectivity index (χ0v) is 13.3. The molecule has 3 nitrogen and oxygen atoms in total. The van der Waals surface area contributed by atoms with E-state index in [1.165, 1.54) is 17.0 Å². The fourth-order valence-corrected chi connectivity index (χ4v) is 3.64. The second kappa shape index (κ2) is 4.79. The van der Waals surface area contributed by atoms with Crippen molar-refractivity contribution in [1.82, 2.24) is 9.97 Å². The summed E-state index contributed by atoms with van der Waals surface area (Å²) in [6.45, 7) is 4.05. The van der Waals surface area contributed by atoms with Gasteiger partial charge in [0, 0.05) is 14.9 Å². The van der Waals surface area contributed by atoms with Crippen LogP contribution in [-0.4, -0.2) is 9.97 Å². The largest absolute Gasteiger partial charge is 0.383 e. The van der Waals surface area contributed by atoms with Gasteiger partial charge in [-0.05, 0) is 53.5 Å². The van der Waals surface area contributed by atoms with E-state index >= 15 is 0 Å². The van der Waals surface area contributed by atoms with Crippen molar-refractivity contribution in [3.05, 3.63) is 38.9 Å². The molecular weight excluding hydrogens is 341 g/mol. The number of nitrogens with two attached hydrogens (primary N) is 1. The second-order valence-electron chi connectivity index (χ2n) is 4.52. The molecule has 6 heteroatoms. The van der Waals surface area contributed by atoms with Crippen molar-refractivity contribution in [2.24, 2.45) is 0 Å². The number of benzene rings is 1. The van der Waals surface area contributed by atoms with Gasteiger partial charge in [-0.3, -0.25) is 0 Å². The van der Waals surface area contributed by atoms with Crippen LogP contribution >= 0.6 is 27.3 Å². The molecule has 0 amide bonds. The number of fused-ring (bicyclic) bond motifs is 1. The van der Waals surface area contributed by atoms with Gasteiger partial charge in [0.15, 0.2) is 5.82 Å². The van der Waals surface area contributed by atoms with Gasteiger partial charge in [-0.2, -0.15) is 0 Å². The van der Waals surface area contributed by atoms with Crippen LogP contribution in [0.15, 0.2) is 22.7 Å². The maximum Gasteiger partial charge on any atom is 0.164 e. The molecular formula is C14H11BrFN3S. The molecule has 20 heavy (non-hydrogen) atoms. The Kier molecular flexibility index (Phi) is 3.22. The number of hydrogen-bond donors (Lipinski definition) is 1. The maximum atomic E-state index is 13.2. The first kappa shape index (κ1) is 13.5. The minimum absolute atomic E-state index is 0.308. The Morgan fingerprint density at radius 3 is 2.70 bits per heavy atom. The van der Waals surface area contributed by atoms with E-state index in [-0.39, 0.29) is 5.82 Å². The molecule has 102 valence electrons. The molecule has 2 heterocycles. The van der Waals surface area contributed by atoms with Gasteiger partial charge in [0.2, 0.25) is 0 Å². The van der Waals surface area contributed by atoms with Crippen LogP contribution in [-0.2, 0) is 0 Å². The Balaban J connectivity index is 2.27. The third-order valence-electron chi connectivity index (χ3n) is 3.23. The molecule has 0 unspecified atom stereocenters. The van der Waals surface area contributed by atoms with Gasteiger partial charge in [0.1, 0.15) is 16.5 Å². The van der Waals surface area contributed by atoms with E-state index in [0.29, 0.717) is 16.1 Å². The smallest absolute Gasteiger partial charge is 0.164 e. The Labute approximate surface area is 127 Å². The van der Waals surface area contributed by atoms with Crippen molar-refractivity contribution < 1.29 is 4.39 Å². The Hall–Kier alpha value is -1.53. The summed E-state index contributed by atoms with van der Waals surface area (Å²) < 4.78 is 13.8. The van der Waals surface area contributed by atoms with Gasteiger partial charge in [-0.15, -0.1) is 11.3 Å². The highest BCUT2D eigenvalue weighted by molar-refractivity contribution is 9.10. The summed E-state index contributed by atoms with van der Waals surface area (Å²) in [4.78, 5) is 10.9. The second-order valence-corrected chi connectivity index (χ2v) is 6.58. The van der Waals surface area contributed by atoms with Crippen molar-refractivity contribution >= 4 is 43.3 Å². The number of hydrogen-bond acceptors (Lipinski definition) is 4. The number of anilines is 1. The molecule has 0 saturated carbocycles. The predicted octanol–water partition coefficient (Wildman–Crippen LogP) is 4.46. The minimum Gasteiger partial charge on any atom is -0.383 e. The van der Waals surface area contributed by atoms with Crippen molar-refractivity contribution in [3.8, 4) is 11.4 Å². The maximum absolute atomic E-state index is 13.2. The summed E-state index contributed by atoms with van der Waals surface area (Å²) in [5.74, 6) is 0.656. The van der Waals surface area contributed by atoms with Crippen molar-refractivity contribution in [2.45, 2.75) is 13.8 Å². The summed E-state index contributed by atoms with van der Waals surface area (Å²) >= 11 is 4.92. The standard InChI is InChI=1S/C14H11BrFN3S/c1-6-7(2)20-14-11(6)12(17)18-13(19-14)9-4-3-8(16)5-10(9)15/h3-5H,1-2H3,(H2,17,18,19). The van der Waals surface area contributed by atoms with Crippen LogP contribution in [0.25, 0.3) is 21.6 Å². The zero-order valence-electron chi connectivity index (χ0n) is 10.9. The SMILES string of the molecule is Cc1sc2nc(-c3ccc(F)cc3Br)nc(N)c2c1C. The van der Waals surface area contributed by atoms with Crippen LogP contribution in [0.1, 0.15) is 10.4 Å². The van der Waals surface area contributed by atoms with Gasteiger partial charge in [0.05, 0.1) is 5.39 Å². The first-order valence-corrected chi connectivity index (χ1v) is 7.57. The van der Waals surface area contributed by atoms with Crippen molar-refractivity contribution in [3.63, 3.8) is 0 Å². The molecule has 0 aliphatic carbocycles. The molecule has 3 rings (SSSR count). The van der Waals surface area contributed by atoms with Gasteiger partial charge < -0.3 is 5.73 Å². The fraction of sp³-hybridized carbons (Fsp3) is 0.143. The van der Waals surface area contributed by atoms with E-state index in [4.69, 9.17) is 5.73 Å². The zero-order chi connectivity index (χ0) is 14.4. The first-order chi connectivity index (χ1) is 9.47. The van der Waals surface area contributed by atoms with Crippen LogP contribution in [0.4, 0.5) is 10.2 Å². The lowest BCUT2D eigenvalue weighted by Crippen LogP contribution is -1.97. The quantitative estimate of drug-likeness (QED) is 0.704. The van der Waals surface area contributed by atoms with Gasteiger partial charge in [-0.25, -0.2) is 14.4 Å². The third kappa shape index (κ3) is 2.09. The first-order valence-electron chi connectivity index (χ1n) is 5.96. The molecule has 2 aromatic heterocycles. The summed E-state index contributed by atoms with van der Waals surface area (Å²) in [5.41, 5.74) is 7.90. The summed E-state index contributed by atoms with van der Waals surface area (Å²) in [5, 5.41) is 0.912. The molecule has 0 atom stereocenters. The topological polar surface area (TPSA) is 51.8 Å². The van der Waals surface area contributed by atoms with E-state index < -0.39 is 0 Å². The lowest BCUT2D eigenvalue weighted by molar-refractivity contribution is 0.627. The Bertz CT molecular complexity index is 829. The van der Waals surface area contributed by atoms with E-state index in [1.54, 1.807) is 17.4 Å². The van der Waals surface area contributed by atoms with Gasteiger partial charge >= 0.3 is 0 Å². The fourth-order valence-electron chi connectivity index (χ4n) is 2.07. The molecule has 1 aromatic carbocycles. The van der Waals surface area contributed by atoms with Crippen LogP contribution in [0.5, 0.6) is 0 Å². The highest BCUT2D eigenvalue weighted by Crippen LogP contribution is 2.35. The monoisotopic (exact) mass is 351 g/mol. The summed E-state index contributed by atoms with van der Waals surface area (Å²) in [6.07, 6.45) is 0. The highest BCUT2D eigenvalue weighted by Gasteiger charge is 2.15. The number of aromatic nitrogens is 2. The molecule has 0 aliphatic heterocycles. The Morgan fingerprint density at radius 2 is 2.00 bits per heavy atom. The molecule has 0 fully saturated rings. The normalized spacial score (nSPS) is 11.2. The molecule has 2 N–H and O–H groups in total. The highest BCUT2D eigenvalue weighted by atomic mass is 79.9. The molecule has 0 saturated heterocycles. The van der Waals surface area contributed by atoms with E-state index in [1.807, 2.05) is 13.8 Å². The van der Waals surface area contributed by atoms with Gasteiger partial charge in [0.25, 0.3) is 0 Å². The molecule has 0 spiro atoms. The lowest BCUT2D eigenvalue weighted by atomic mass is 10.2. The predicted molar refractivity (Wildman–Crippen MR) is 84.4 cm³/mol. The number of rotatable bonds is 1. The number of nitrogens with zero attached hydrogens (tertiary/aromatic N) is 2. The molecule has 0 bridgehead atoms. The number of aryl methyl sites for hydroxylation is 2. The van der Waals surface area contributed by atoms with E-state index in [9.17, 15) is 4.39 Å².